The normalized spacial score (nSPS) is 16.8. The zero-order chi connectivity index (χ0) is 17.5. The van der Waals surface area contributed by atoms with Gasteiger partial charge in [-0.3, -0.25) is 14.1 Å². The summed E-state index contributed by atoms with van der Waals surface area (Å²) < 4.78 is 64.2. The van der Waals surface area contributed by atoms with Crippen LogP contribution < -0.4 is 0 Å². The van der Waals surface area contributed by atoms with Crippen LogP contribution in [0.15, 0.2) is 0 Å². The molecule has 0 aliphatic heterocycles. The highest BCUT2D eigenvalue weighted by Crippen LogP contribution is 2.24. The molecule has 10 heteroatoms. The Labute approximate surface area is 133 Å². The number of esters is 2. The van der Waals surface area contributed by atoms with E-state index < -0.39 is 40.3 Å². The zero-order valence-corrected chi connectivity index (χ0v) is 13.3. The van der Waals surface area contributed by atoms with Crippen molar-refractivity contribution in [2.75, 3.05) is 6.61 Å². The van der Waals surface area contributed by atoms with Gasteiger partial charge in [0.1, 0.15) is 6.10 Å². The average Bonchev–Trinajstić information content (AvgIpc) is 2.45. The largest absolute Gasteiger partial charge is 0.465 e. The van der Waals surface area contributed by atoms with Crippen molar-refractivity contribution in [1.82, 2.24) is 0 Å². The van der Waals surface area contributed by atoms with E-state index in [1.165, 1.54) is 0 Å². The minimum atomic E-state index is -5.54. The summed E-state index contributed by atoms with van der Waals surface area (Å²) in [4.78, 5) is 22.8. The summed E-state index contributed by atoms with van der Waals surface area (Å²) in [5, 5.41) is -4.38. The highest BCUT2D eigenvalue weighted by molar-refractivity contribution is 7.86. The first-order chi connectivity index (χ1) is 10.6. The lowest BCUT2D eigenvalue weighted by molar-refractivity contribution is -0.155. The molecule has 0 unspecified atom stereocenters. The molecule has 1 aliphatic rings. The fraction of sp³-hybridized carbons (Fsp3) is 0.846. The first-order valence-electron chi connectivity index (χ1n) is 7.32. The van der Waals surface area contributed by atoms with Gasteiger partial charge in [0.05, 0.1) is 25.9 Å². The SMILES string of the molecule is O=C(CCC(=O)OC1CCCCC1)OCCC(F)(F)S(=O)(=O)O. The Kier molecular flexibility index (Phi) is 7.33. The first kappa shape index (κ1) is 19.8. The Bertz CT molecular complexity index is 512. The average molecular weight is 358 g/mol. The van der Waals surface area contributed by atoms with Crippen molar-refractivity contribution in [3.63, 3.8) is 0 Å². The van der Waals surface area contributed by atoms with Gasteiger partial charge in [0, 0.05) is 0 Å². The molecule has 0 heterocycles. The van der Waals surface area contributed by atoms with E-state index in [1.54, 1.807) is 0 Å². The van der Waals surface area contributed by atoms with Crippen LogP contribution in [0.3, 0.4) is 0 Å². The molecule has 0 spiro atoms. The summed E-state index contributed by atoms with van der Waals surface area (Å²) in [5.41, 5.74) is 0. The molecule has 1 N–H and O–H groups in total. The summed E-state index contributed by atoms with van der Waals surface area (Å²) in [6.45, 7) is -0.886. The molecular weight excluding hydrogens is 338 g/mol. The van der Waals surface area contributed by atoms with Gasteiger partial charge in [-0.2, -0.15) is 17.2 Å². The maximum atomic E-state index is 12.9. The second kappa shape index (κ2) is 8.53. The predicted molar refractivity (Wildman–Crippen MR) is 74.3 cm³/mol. The molecule has 23 heavy (non-hydrogen) atoms. The topological polar surface area (TPSA) is 107 Å². The van der Waals surface area contributed by atoms with Crippen molar-refractivity contribution in [2.45, 2.75) is 62.7 Å². The molecule has 0 aromatic rings. The number of carbonyl (C=O) groups is 2. The molecule has 0 amide bonds. The zero-order valence-electron chi connectivity index (χ0n) is 12.5. The minimum Gasteiger partial charge on any atom is -0.465 e. The van der Waals surface area contributed by atoms with Crippen molar-refractivity contribution in [2.24, 2.45) is 0 Å². The van der Waals surface area contributed by atoms with Gasteiger partial charge in [-0.25, -0.2) is 0 Å². The van der Waals surface area contributed by atoms with E-state index in [1.807, 2.05) is 0 Å². The first-order valence-corrected chi connectivity index (χ1v) is 8.76. The van der Waals surface area contributed by atoms with Crippen LogP contribution in [-0.2, 0) is 29.2 Å². The molecule has 1 aliphatic carbocycles. The van der Waals surface area contributed by atoms with E-state index in [4.69, 9.17) is 9.29 Å². The van der Waals surface area contributed by atoms with Crippen molar-refractivity contribution < 1.29 is 40.8 Å². The quantitative estimate of drug-likeness (QED) is 0.523. The van der Waals surface area contributed by atoms with Crippen LogP contribution in [0.25, 0.3) is 0 Å². The fourth-order valence-corrected chi connectivity index (χ4v) is 2.46. The number of carbonyl (C=O) groups excluding carboxylic acids is 2. The number of alkyl halides is 2. The Hall–Kier alpha value is -1.29. The molecule has 0 aromatic carbocycles. The third-order valence-corrected chi connectivity index (χ3v) is 4.38. The molecule has 0 radical (unpaired) electrons. The summed E-state index contributed by atoms with van der Waals surface area (Å²) in [6.07, 6.45) is 2.60. The number of halogens is 2. The summed E-state index contributed by atoms with van der Waals surface area (Å²) in [6, 6.07) is 0. The van der Waals surface area contributed by atoms with Gasteiger partial charge in [0.2, 0.25) is 0 Å². The summed E-state index contributed by atoms with van der Waals surface area (Å²) >= 11 is 0. The number of ether oxygens (including phenoxy) is 2. The van der Waals surface area contributed by atoms with E-state index in [0.29, 0.717) is 0 Å². The van der Waals surface area contributed by atoms with E-state index in [-0.39, 0.29) is 18.9 Å². The van der Waals surface area contributed by atoms with Gasteiger partial charge in [0.15, 0.2) is 0 Å². The van der Waals surface area contributed by atoms with E-state index in [9.17, 15) is 26.8 Å². The van der Waals surface area contributed by atoms with Gasteiger partial charge in [-0.05, 0) is 25.7 Å². The third kappa shape index (κ3) is 7.21. The lowest BCUT2D eigenvalue weighted by Crippen LogP contribution is -2.30. The highest BCUT2D eigenvalue weighted by atomic mass is 32.2. The number of rotatable bonds is 8. The Morgan fingerprint density at radius 1 is 1.09 bits per heavy atom. The van der Waals surface area contributed by atoms with Crippen LogP contribution in [0.5, 0.6) is 0 Å². The Morgan fingerprint density at radius 3 is 2.22 bits per heavy atom. The smallest absolute Gasteiger partial charge is 0.373 e. The maximum absolute atomic E-state index is 12.9. The standard InChI is InChI=1S/C13H20F2O7S/c14-13(15,23(18,19)20)8-9-21-11(16)6-7-12(17)22-10-4-2-1-3-5-10/h10H,1-9H2,(H,18,19,20). The second-order valence-corrected chi connectivity index (χ2v) is 6.88. The van der Waals surface area contributed by atoms with E-state index in [0.717, 1.165) is 32.1 Å². The van der Waals surface area contributed by atoms with Gasteiger partial charge < -0.3 is 9.47 Å². The van der Waals surface area contributed by atoms with Gasteiger partial charge >= 0.3 is 27.3 Å². The predicted octanol–water partition coefficient (Wildman–Crippen LogP) is 2.06. The lowest BCUT2D eigenvalue weighted by Gasteiger charge is -2.21. The van der Waals surface area contributed by atoms with Crippen LogP contribution in [0, 0.1) is 0 Å². The van der Waals surface area contributed by atoms with Crippen LogP contribution >= 0.6 is 0 Å². The molecule has 0 saturated heterocycles. The van der Waals surface area contributed by atoms with E-state index >= 15 is 0 Å². The number of hydrogen-bond donors (Lipinski definition) is 1. The lowest BCUT2D eigenvalue weighted by atomic mass is 9.98. The molecule has 1 fully saturated rings. The molecule has 1 rings (SSSR count). The van der Waals surface area contributed by atoms with Crippen LogP contribution in [-0.4, -0.2) is 42.9 Å². The Balaban J connectivity index is 2.20. The highest BCUT2D eigenvalue weighted by Gasteiger charge is 2.43. The molecule has 7 nitrogen and oxygen atoms in total. The molecule has 0 bridgehead atoms. The summed E-state index contributed by atoms with van der Waals surface area (Å²) in [5.74, 6) is -1.48. The van der Waals surface area contributed by atoms with Crippen LogP contribution in [0.4, 0.5) is 8.78 Å². The second-order valence-electron chi connectivity index (χ2n) is 5.33. The van der Waals surface area contributed by atoms with Crippen molar-refractivity contribution in [3.8, 4) is 0 Å². The van der Waals surface area contributed by atoms with Crippen molar-refractivity contribution in [1.29, 1.82) is 0 Å². The maximum Gasteiger partial charge on any atom is 0.373 e. The van der Waals surface area contributed by atoms with Crippen molar-refractivity contribution >= 4 is 22.1 Å². The van der Waals surface area contributed by atoms with Crippen LogP contribution in [0.1, 0.15) is 51.4 Å². The van der Waals surface area contributed by atoms with Gasteiger partial charge in [-0.1, -0.05) is 6.42 Å². The summed E-state index contributed by atoms with van der Waals surface area (Å²) in [7, 11) is -5.54. The fourth-order valence-electron chi connectivity index (χ4n) is 2.12. The molecular formula is C13H20F2O7S. The number of hydrogen-bond acceptors (Lipinski definition) is 6. The minimum absolute atomic E-state index is 0.138. The monoisotopic (exact) mass is 358 g/mol. The molecule has 0 aromatic heterocycles. The Morgan fingerprint density at radius 2 is 1.65 bits per heavy atom. The van der Waals surface area contributed by atoms with Gasteiger partial charge in [0.25, 0.3) is 0 Å². The molecule has 134 valence electrons. The van der Waals surface area contributed by atoms with Crippen molar-refractivity contribution in [3.05, 3.63) is 0 Å². The van der Waals surface area contributed by atoms with Crippen LogP contribution in [0.2, 0.25) is 0 Å². The van der Waals surface area contributed by atoms with Gasteiger partial charge in [-0.15, -0.1) is 0 Å². The van der Waals surface area contributed by atoms with E-state index in [2.05, 4.69) is 4.74 Å². The molecule has 0 atom stereocenters. The third-order valence-electron chi connectivity index (χ3n) is 3.42. The molecule has 1 saturated carbocycles.